The molecule has 0 bridgehead atoms. The molecule has 2 aromatic heterocycles. The van der Waals surface area contributed by atoms with Crippen molar-refractivity contribution in [1.29, 1.82) is 0 Å². The van der Waals surface area contributed by atoms with Crippen molar-refractivity contribution in [3.05, 3.63) is 24.8 Å². The maximum atomic E-state index is 12.1. The summed E-state index contributed by atoms with van der Waals surface area (Å²) in [4.78, 5) is 24.8. The Bertz CT molecular complexity index is 968. The van der Waals surface area contributed by atoms with Gasteiger partial charge in [-0.1, -0.05) is 12.2 Å². The Morgan fingerprint density at radius 1 is 1.21 bits per heavy atom. The topological polar surface area (TPSA) is 164 Å². The van der Waals surface area contributed by atoms with Crippen molar-refractivity contribution in [3.63, 3.8) is 0 Å². The quantitative estimate of drug-likeness (QED) is 0.226. The number of aromatic nitrogens is 4. The molecule has 12 heteroatoms. The second-order valence-electron chi connectivity index (χ2n) is 8.07. The van der Waals surface area contributed by atoms with E-state index < -0.39 is 31.1 Å². The van der Waals surface area contributed by atoms with Gasteiger partial charge in [-0.25, -0.2) is 15.0 Å². The highest BCUT2D eigenvalue weighted by atomic mass is 16.6. The minimum atomic E-state index is -1.23. The summed E-state index contributed by atoms with van der Waals surface area (Å²) in [5.74, 6) is 0.501. The van der Waals surface area contributed by atoms with Crippen molar-refractivity contribution >= 4 is 22.9 Å². The van der Waals surface area contributed by atoms with Gasteiger partial charge in [-0.2, -0.15) is 0 Å². The molecule has 12 nitrogen and oxygen atoms in total. The Balaban J connectivity index is 1.24. The first-order chi connectivity index (χ1) is 16.1. The van der Waals surface area contributed by atoms with Crippen molar-refractivity contribution in [1.82, 2.24) is 24.8 Å². The monoisotopic (exact) mass is 462 g/mol. The number of allylic oxidation sites excluding steroid dienone is 1. The van der Waals surface area contributed by atoms with Gasteiger partial charge in [0.1, 0.15) is 24.6 Å². The second-order valence-corrected chi connectivity index (χ2v) is 8.07. The highest BCUT2D eigenvalue weighted by Gasteiger charge is 2.44. The molecule has 3 heterocycles. The summed E-state index contributed by atoms with van der Waals surface area (Å²) in [6, 6.07) is 0. The maximum Gasteiger partial charge on any atom is 0.226 e. The van der Waals surface area contributed by atoms with Gasteiger partial charge in [0.2, 0.25) is 5.91 Å². The Morgan fingerprint density at radius 2 is 2.06 bits per heavy atom. The van der Waals surface area contributed by atoms with Crippen LogP contribution in [0.4, 0.5) is 5.82 Å². The number of hydrogen-bond donors (Lipinski definition) is 5. The first-order valence-electron chi connectivity index (χ1n) is 11.2. The molecule has 180 valence electrons. The lowest BCUT2D eigenvalue weighted by atomic mass is 9.95. The van der Waals surface area contributed by atoms with Crippen molar-refractivity contribution < 1.29 is 29.6 Å². The summed E-state index contributed by atoms with van der Waals surface area (Å²) < 4.78 is 12.6. The molecular weight excluding hydrogens is 432 g/mol. The molecule has 1 aliphatic carbocycles. The molecular formula is C21H30N6O6. The molecule has 0 aromatic carbocycles. The van der Waals surface area contributed by atoms with Crippen molar-refractivity contribution in [2.45, 2.75) is 43.8 Å². The highest BCUT2D eigenvalue weighted by Crippen LogP contribution is 2.32. The van der Waals surface area contributed by atoms with Gasteiger partial charge in [-0.15, -0.1) is 0 Å². The lowest BCUT2D eigenvalue weighted by Crippen LogP contribution is -2.33. The number of carbonyl (C=O) groups is 1. The van der Waals surface area contributed by atoms with Crippen LogP contribution in [0.5, 0.6) is 0 Å². The number of fused-ring (bicyclic) bond motifs is 1. The molecule has 4 rings (SSSR count). The first-order valence-corrected chi connectivity index (χ1v) is 11.2. The van der Waals surface area contributed by atoms with Gasteiger partial charge in [0, 0.05) is 13.1 Å². The van der Waals surface area contributed by atoms with Gasteiger partial charge in [0.05, 0.1) is 32.1 Å². The molecule has 0 spiro atoms. The molecule has 33 heavy (non-hydrogen) atoms. The van der Waals surface area contributed by atoms with Crippen LogP contribution in [-0.2, 0) is 14.3 Å². The molecule has 1 unspecified atom stereocenters. The summed E-state index contributed by atoms with van der Waals surface area (Å²) in [6.07, 6.45) is 5.58. The Kier molecular flexibility index (Phi) is 7.83. The van der Waals surface area contributed by atoms with E-state index in [2.05, 4.69) is 31.7 Å². The summed E-state index contributed by atoms with van der Waals surface area (Å²) in [5, 5.41) is 35.6. The van der Waals surface area contributed by atoms with E-state index in [1.165, 1.54) is 17.2 Å². The number of aliphatic hydroxyl groups excluding tert-OH is 3. The number of aliphatic hydroxyl groups is 3. The number of carbonyl (C=O) groups excluding carboxylic acids is 1. The van der Waals surface area contributed by atoms with Gasteiger partial charge in [-0.05, 0) is 19.3 Å². The predicted octanol–water partition coefficient (Wildman–Crippen LogP) is -0.661. The van der Waals surface area contributed by atoms with Crippen LogP contribution in [0, 0.1) is 5.92 Å². The van der Waals surface area contributed by atoms with Gasteiger partial charge in [-0.3, -0.25) is 9.36 Å². The zero-order chi connectivity index (χ0) is 23.2. The fourth-order valence-electron chi connectivity index (χ4n) is 4.03. The standard InChI is InChI=1S/C21H30N6O6/c28-10-14-16(29)17(30)21(33-14)27-12-26-15-18(24-11-25-19(15)27)22-6-8-32-9-7-23-20(31)13-4-2-1-3-5-13/h2,4,11-14,16-17,21,28-30H,1,3,5-10H2,(H,23,31)(H,22,24,25)/t13?,14-,16-,17-,21-/m1/s1. The van der Waals surface area contributed by atoms with E-state index in [0.29, 0.717) is 43.3 Å². The number of nitrogens with zero attached hydrogens (tertiary/aromatic N) is 4. The maximum absolute atomic E-state index is 12.1. The molecule has 5 N–H and O–H groups in total. The van der Waals surface area contributed by atoms with E-state index in [1.54, 1.807) is 0 Å². The van der Waals surface area contributed by atoms with Crippen LogP contribution in [0.25, 0.3) is 11.2 Å². The number of amides is 1. The molecule has 1 fully saturated rings. The Hall–Kier alpha value is -2.64. The lowest BCUT2D eigenvalue weighted by molar-refractivity contribution is -0.124. The van der Waals surface area contributed by atoms with E-state index in [-0.39, 0.29) is 11.8 Å². The predicted molar refractivity (Wildman–Crippen MR) is 117 cm³/mol. The van der Waals surface area contributed by atoms with Crippen LogP contribution in [-0.4, -0.2) is 92.0 Å². The van der Waals surface area contributed by atoms with E-state index in [0.717, 1.165) is 19.3 Å². The second kappa shape index (κ2) is 11.0. The molecule has 5 atom stereocenters. The van der Waals surface area contributed by atoms with Gasteiger partial charge >= 0.3 is 0 Å². The number of anilines is 1. The summed E-state index contributed by atoms with van der Waals surface area (Å²) in [7, 11) is 0. The number of rotatable bonds is 10. The van der Waals surface area contributed by atoms with E-state index in [4.69, 9.17) is 9.47 Å². The third-order valence-electron chi connectivity index (χ3n) is 5.83. The number of ether oxygens (including phenoxy) is 2. The van der Waals surface area contributed by atoms with Crippen LogP contribution >= 0.6 is 0 Å². The third kappa shape index (κ3) is 5.31. The van der Waals surface area contributed by atoms with E-state index in [9.17, 15) is 20.1 Å². The zero-order valence-corrected chi connectivity index (χ0v) is 18.2. The fraction of sp³-hybridized carbons (Fsp3) is 0.619. The van der Waals surface area contributed by atoms with Crippen molar-refractivity contribution in [2.75, 3.05) is 38.2 Å². The molecule has 2 aliphatic rings. The summed E-state index contributed by atoms with van der Waals surface area (Å²) >= 11 is 0. The van der Waals surface area contributed by atoms with Crippen LogP contribution in [0.3, 0.4) is 0 Å². The Morgan fingerprint density at radius 3 is 2.82 bits per heavy atom. The fourth-order valence-corrected chi connectivity index (χ4v) is 4.03. The van der Waals surface area contributed by atoms with E-state index in [1.807, 2.05) is 6.08 Å². The molecule has 2 aromatic rings. The molecule has 1 saturated heterocycles. The molecule has 0 radical (unpaired) electrons. The largest absolute Gasteiger partial charge is 0.394 e. The number of hydrogen-bond acceptors (Lipinski definition) is 10. The summed E-state index contributed by atoms with van der Waals surface area (Å²) in [6.45, 7) is 1.31. The first kappa shape index (κ1) is 23.5. The van der Waals surface area contributed by atoms with Gasteiger partial charge < -0.3 is 35.4 Å². The summed E-state index contributed by atoms with van der Waals surface area (Å²) in [5.41, 5.74) is 0.894. The van der Waals surface area contributed by atoms with Crippen LogP contribution in [0.15, 0.2) is 24.8 Å². The molecule has 1 aliphatic heterocycles. The van der Waals surface area contributed by atoms with Crippen molar-refractivity contribution in [3.8, 4) is 0 Å². The van der Waals surface area contributed by atoms with Crippen LogP contribution in [0.2, 0.25) is 0 Å². The van der Waals surface area contributed by atoms with Crippen LogP contribution in [0.1, 0.15) is 25.5 Å². The Labute approximate surface area is 190 Å². The molecule has 0 saturated carbocycles. The normalized spacial score (nSPS) is 27.2. The number of imidazole rings is 1. The zero-order valence-electron chi connectivity index (χ0n) is 18.2. The number of nitrogens with one attached hydrogen (secondary N) is 2. The average Bonchev–Trinajstić information content (AvgIpc) is 3.40. The minimum Gasteiger partial charge on any atom is -0.394 e. The molecule has 1 amide bonds. The van der Waals surface area contributed by atoms with Crippen molar-refractivity contribution in [2.24, 2.45) is 5.92 Å². The van der Waals surface area contributed by atoms with Gasteiger partial charge in [0.15, 0.2) is 23.2 Å². The smallest absolute Gasteiger partial charge is 0.226 e. The van der Waals surface area contributed by atoms with Crippen LogP contribution < -0.4 is 10.6 Å². The minimum absolute atomic E-state index is 0.0334. The highest BCUT2D eigenvalue weighted by molar-refractivity contribution is 5.82. The lowest BCUT2D eigenvalue weighted by Gasteiger charge is -2.16. The average molecular weight is 463 g/mol. The van der Waals surface area contributed by atoms with E-state index >= 15 is 0 Å². The SMILES string of the molecule is O=C(NCCOCCNc1ncnc2c1ncn2[C@@H]1O[C@H](CO)[C@@H](O)[C@H]1O)C1C=CCCC1. The third-order valence-corrected chi connectivity index (χ3v) is 5.83. The van der Waals surface area contributed by atoms with Gasteiger partial charge in [0.25, 0.3) is 0 Å².